The van der Waals surface area contributed by atoms with Crippen molar-refractivity contribution in [3.8, 4) is 0 Å². The van der Waals surface area contributed by atoms with E-state index in [2.05, 4.69) is 36.6 Å². The molecule has 2 aliphatic rings. The Morgan fingerprint density at radius 1 is 1.00 bits per heavy atom. The average Bonchev–Trinajstić information content (AvgIpc) is 3.78. The first kappa shape index (κ1) is 43.0. The van der Waals surface area contributed by atoms with Gasteiger partial charge in [-0.1, -0.05) is 82.1 Å². The molecule has 0 bridgehead atoms. The van der Waals surface area contributed by atoms with E-state index in [4.69, 9.17) is 20.3 Å². The summed E-state index contributed by atoms with van der Waals surface area (Å²) in [6.07, 6.45) is 4.23. The van der Waals surface area contributed by atoms with Crippen molar-refractivity contribution in [1.29, 1.82) is 0 Å². The number of primary amides is 1. The Hall–Kier alpha value is -3.77. The number of fused-ring (bicyclic) bond motifs is 1. The topological polar surface area (TPSA) is 185 Å². The summed E-state index contributed by atoms with van der Waals surface area (Å²) in [5.74, 6) is -2.13. The molecule has 4 rings (SSSR count). The normalized spacial score (nSPS) is 21.6. The molecule has 0 heterocycles. The molecule has 0 aliphatic heterocycles. The summed E-state index contributed by atoms with van der Waals surface area (Å²) in [6, 6.07) is 11.0. The Labute approximate surface area is 316 Å². The summed E-state index contributed by atoms with van der Waals surface area (Å²) in [4.78, 5) is 71.2. The van der Waals surface area contributed by atoms with Gasteiger partial charge in [0.15, 0.2) is 5.78 Å². The molecule has 7 atom stereocenters. The largest absolute Gasteiger partial charge is 0.399 e. The van der Waals surface area contributed by atoms with Crippen molar-refractivity contribution in [1.82, 2.24) is 10.6 Å². The Bertz CT molecular complexity index is 1730. The van der Waals surface area contributed by atoms with E-state index in [0.29, 0.717) is 42.9 Å². The number of hydrogen-bond acceptors (Lipinski definition) is 6. The number of unbranched alkanes of at least 4 members (excludes halogenated alkanes) is 1. The first-order valence-corrected chi connectivity index (χ1v) is 20.3. The van der Waals surface area contributed by atoms with Crippen LogP contribution in [0.1, 0.15) is 108 Å². The molecule has 0 radical (unpaired) electrons. The molecular formula is C40H54F2N3O8P. The van der Waals surface area contributed by atoms with Crippen molar-refractivity contribution in [2.24, 2.45) is 29.4 Å². The zero-order valence-corrected chi connectivity index (χ0v) is 32.5. The van der Waals surface area contributed by atoms with Crippen molar-refractivity contribution in [2.75, 3.05) is 0 Å². The second-order valence-electron chi connectivity index (χ2n) is 15.2. The monoisotopic (exact) mass is 773 g/mol. The minimum atomic E-state index is -5.74. The number of carbonyl (C=O) groups is 4. The van der Waals surface area contributed by atoms with Gasteiger partial charge in [-0.15, -0.1) is 0 Å². The summed E-state index contributed by atoms with van der Waals surface area (Å²) < 4.78 is 45.7. The molecule has 2 aliphatic carbocycles. The van der Waals surface area contributed by atoms with Crippen molar-refractivity contribution in [3.05, 3.63) is 76.9 Å². The fourth-order valence-electron chi connectivity index (χ4n) is 7.31. The molecule has 0 saturated heterocycles. The van der Waals surface area contributed by atoms with Gasteiger partial charge in [-0.2, -0.15) is 8.78 Å². The van der Waals surface area contributed by atoms with Gasteiger partial charge in [0.05, 0.1) is 30.7 Å². The van der Waals surface area contributed by atoms with Crippen LogP contribution in [0.2, 0.25) is 0 Å². The van der Waals surface area contributed by atoms with Crippen molar-refractivity contribution < 1.29 is 47.0 Å². The zero-order chi connectivity index (χ0) is 40.0. The molecule has 0 spiro atoms. The number of Topliss-reactive ketones (excluding diaryl/α,β-unsaturated/α-hetero) is 1. The second kappa shape index (κ2) is 18.2. The standard InChI is InChI=1S/C40H54F2N3O8P/c1-6-7-8-34(44-36(47)19-24(4)28-13-15-30(16-14-28)40(41,42)54(50,51)52)38(48)32-21-29-20-31(29)37(32)39(49)45-33(17-18-35(43)46)25(5)53-22-26-9-11-27(12-10-26)23(2)3/h9-16,19,23,25,29,31-34,37H,6-8,17-18,20-22H2,1-5H3,(H2,43,46)(H,44,47)(H,45,49)(H2,50,51,52)/b24-19+/t25-,29-,31-,32?,33+,34+,37-/m1/s1. The Morgan fingerprint density at radius 2 is 1.65 bits per heavy atom. The number of nitrogens with one attached hydrogen (secondary N) is 2. The van der Waals surface area contributed by atoms with E-state index in [1.807, 2.05) is 26.0 Å². The first-order valence-electron chi connectivity index (χ1n) is 18.7. The van der Waals surface area contributed by atoms with Crippen LogP contribution in [0.3, 0.4) is 0 Å². The highest BCUT2D eigenvalue weighted by Crippen LogP contribution is 2.59. The fraction of sp³-hybridized carbons (Fsp3) is 0.550. The maximum absolute atomic E-state index is 14.2. The number of ketones is 1. The summed E-state index contributed by atoms with van der Waals surface area (Å²) in [6.45, 7) is 9.92. The lowest BCUT2D eigenvalue weighted by Gasteiger charge is -2.30. The van der Waals surface area contributed by atoms with Crippen LogP contribution >= 0.6 is 7.60 Å². The molecule has 3 amide bonds. The van der Waals surface area contributed by atoms with Crippen LogP contribution in [0, 0.1) is 23.7 Å². The van der Waals surface area contributed by atoms with E-state index in [9.17, 15) is 32.5 Å². The van der Waals surface area contributed by atoms with Crippen LogP contribution in [-0.2, 0) is 40.8 Å². The number of halogens is 2. The molecule has 14 heteroatoms. The lowest BCUT2D eigenvalue weighted by atomic mass is 9.82. The quantitative estimate of drug-likeness (QED) is 0.0766. The third-order valence-electron chi connectivity index (χ3n) is 10.8. The van der Waals surface area contributed by atoms with E-state index in [0.717, 1.165) is 30.5 Å². The predicted octanol–water partition coefficient (Wildman–Crippen LogP) is 6.31. The van der Waals surface area contributed by atoms with Crippen molar-refractivity contribution in [2.45, 2.75) is 116 Å². The molecule has 6 N–H and O–H groups in total. The maximum atomic E-state index is 14.2. The lowest BCUT2D eigenvalue weighted by Crippen LogP contribution is -2.50. The molecular weight excluding hydrogens is 719 g/mol. The number of rotatable bonds is 20. The number of allylic oxidation sites excluding steroid dienone is 1. The molecule has 296 valence electrons. The minimum Gasteiger partial charge on any atom is -0.372 e. The third-order valence-corrected chi connectivity index (χ3v) is 11.7. The van der Waals surface area contributed by atoms with Gasteiger partial charge in [0.25, 0.3) is 0 Å². The molecule has 2 fully saturated rings. The number of hydrogen-bond donors (Lipinski definition) is 5. The third kappa shape index (κ3) is 10.9. The molecule has 2 aromatic carbocycles. The summed E-state index contributed by atoms with van der Waals surface area (Å²) in [5.41, 5.74) is 3.18. The summed E-state index contributed by atoms with van der Waals surface area (Å²) >= 11 is 0. The smallest absolute Gasteiger partial charge is 0.372 e. The zero-order valence-electron chi connectivity index (χ0n) is 31.6. The molecule has 11 nitrogen and oxygen atoms in total. The van der Waals surface area contributed by atoms with Crippen LogP contribution in [0.5, 0.6) is 0 Å². The highest BCUT2D eigenvalue weighted by Gasteiger charge is 2.59. The molecule has 2 aromatic rings. The predicted molar refractivity (Wildman–Crippen MR) is 201 cm³/mol. The second-order valence-corrected chi connectivity index (χ2v) is 16.8. The minimum absolute atomic E-state index is 0.0389. The van der Waals surface area contributed by atoms with E-state index < -0.39 is 60.7 Å². The number of benzene rings is 2. The van der Waals surface area contributed by atoms with Gasteiger partial charge in [0, 0.05) is 24.0 Å². The molecule has 54 heavy (non-hydrogen) atoms. The number of nitrogens with two attached hydrogens (primary N) is 1. The average molecular weight is 774 g/mol. The Kier molecular flexibility index (Phi) is 14.5. The van der Waals surface area contributed by atoms with Gasteiger partial charge in [-0.05, 0) is 79.5 Å². The van der Waals surface area contributed by atoms with Gasteiger partial charge in [0.1, 0.15) is 0 Å². The van der Waals surface area contributed by atoms with Gasteiger partial charge in [-0.25, -0.2) is 0 Å². The highest BCUT2D eigenvalue weighted by atomic mass is 31.2. The van der Waals surface area contributed by atoms with Gasteiger partial charge in [-0.3, -0.25) is 23.7 Å². The van der Waals surface area contributed by atoms with E-state index in [1.54, 1.807) is 6.92 Å². The maximum Gasteiger partial charge on any atom is 0.399 e. The Balaban J connectivity index is 1.45. The number of amides is 3. The van der Waals surface area contributed by atoms with Crippen LogP contribution < -0.4 is 16.4 Å². The number of ether oxygens (including phenoxy) is 1. The van der Waals surface area contributed by atoms with Gasteiger partial charge in [0.2, 0.25) is 17.7 Å². The first-order chi connectivity index (χ1) is 25.3. The number of alkyl halides is 2. The Morgan fingerprint density at radius 3 is 2.22 bits per heavy atom. The molecule has 2 saturated carbocycles. The molecule has 0 aromatic heterocycles. The van der Waals surface area contributed by atoms with Crippen LogP contribution in [0.15, 0.2) is 54.6 Å². The highest BCUT2D eigenvalue weighted by molar-refractivity contribution is 7.52. The lowest BCUT2D eigenvalue weighted by molar-refractivity contribution is -0.136. The van der Waals surface area contributed by atoms with E-state index in [1.165, 1.54) is 23.8 Å². The summed E-state index contributed by atoms with van der Waals surface area (Å²) in [7, 11) is -5.74. The van der Waals surface area contributed by atoms with Crippen molar-refractivity contribution in [3.63, 3.8) is 0 Å². The van der Waals surface area contributed by atoms with Crippen LogP contribution in [-0.4, -0.2) is 51.5 Å². The van der Waals surface area contributed by atoms with Crippen LogP contribution in [0.4, 0.5) is 8.78 Å². The number of carbonyl (C=O) groups excluding carboxylic acids is 4. The van der Waals surface area contributed by atoms with Crippen molar-refractivity contribution >= 4 is 36.7 Å². The van der Waals surface area contributed by atoms with Gasteiger partial charge < -0.3 is 30.9 Å². The van der Waals surface area contributed by atoms with E-state index >= 15 is 0 Å². The van der Waals surface area contributed by atoms with Crippen LogP contribution in [0.25, 0.3) is 5.57 Å². The fourth-order valence-corrected chi connectivity index (χ4v) is 7.80. The van der Waals surface area contributed by atoms with Gasteiger partial charge >= 0.3 is 13.3 Å². The SMILES string of the molecule is CCCC[C@H](NC(=O)/C=C(\C)c1ccc(C(F)(F)P(=O)(O)O)cc1)C(=O)C1C[C@H]2C[C@H]2[C@H]1C(=O)N[C@@H](CCC(N)=O)[C@@H](C)OCc1ccc(C(C)C)cc1. The summed E-state index contributed by atoms with van der Waals surface area (Å²) in [5, 5.41) is 5.91. The molecule has 1 unspecified atom stereocenters. The van der Waals surface area contributed by atoms with E-state index in [-0.39, 0.29) is 36.4 Å².